The van der Waals surface area contributed by atoms with Crippen LogP contribution >= 0.6 is 0 Å². The molecule has 1 aliphatic heterocycles. The van der Waals surface area contributed by atoms with Crippen molar-refractivity contribution in [2.75, 3.05) is 6.54 Å². The van der Waals surface area contributed by atoms with Crippen molar-refractivity contribution in [3.63, 3.8) is 0 Å². The lowest BCUT2D eigenvalue weighted by Crippen LogP contribution is -2.27. The van der Waals surface area contributed by atoms with Crippen LogP contribution in [0.5, 0.6) is 0 Å². The maximum Gasteiger partial charge on any atom is 0.0322 e. The van der Waals surface area contributed by atoms with Crippen LogP contribution in [0.15, 0.2) is 24.3 Å². The van der Waals surface area contributed by atoms with E-state index in [4.69, 9.17) is 0 Å². The number of aryl methyl sites for hydroxylation is 1. The molecule has 1 aromatic rings. The van der Waals surface area contributed by atoms with Crippen molar-refractivity contribution < 1.29 is 0 Å². The number of benzene rings is 1. The molecule has 1 aliphatic rings. The molecule has 0 spiro atoms. The summed E-state index contributed by atoms with van der Waals surface area (Å²) >= 11 is 0. The zero-order valence-electron chi connectivity index (χ0n) is 8.92. The van der Waals surface area contributed by atoms with E-state index in [-0.39, 0.29) is 0 Å². The van der Waals surface area contributed by atoms with Crippen molar-refractivity contribution in [2.45, 2.75) is 38.6 Å². The predicted molar refractivity (Wildman–Crippen MR) is 60.4 cm³/mol. The summed E-state index contributed by atoms with van der Waals surface area (Å²) in [5.74, 6) is 0. The number of nitrogens with one attached hydrogen (secondary N) is 1. The third-order valence-corrected chi connectivity index (χ3v) is 3.12. The summed E-state index contributed by atoms with van der Waals surface area (Å²) in [6.07, 6.45) is 5.16. The van der Waals surface area contributed by atoms with Gasteiger partial charge in [-0.25, -0.2) is 0 Å². The monoisotopic (exact) mass is 189 g/mol. The minimum absolute atomic E-state index is 0.611. The van der Waals surface area contributed by atoms with Gasteiger partial charge >= 0.3 is 0 Å². The number of hydrogen-bond acceptors (Lipinski definition) is 1. The zero-order chi connectivity index (χ0) is 9.80. The topological polar surface area (TPSA) is 12.0 Å². The standard InChI is InChI=1S/C13H19N/c1-2-11-7-3-4-8-12(11)13-9-5-6-10-14-13/h3-4,7-8,13-14H,2,5-6,9-10H2,1H3. The van der Waals surface area contributed by atoms with Crippen molar-refractivity contribution in [3.05, 3.63) is 35.4 Å². The molecular weight excluding hydrogens is 170 g/mol. The van der Waals surface area contributed by atoms with Crippen LogP contribution < -0.4 is 5.32 Å². The summed E-state index contributed by atoms with van der Waals surface area (Å²) in [6.45, 7) is 3.42. The molecule has 0 amide bonds. The molecule has 0 aromatic heterocycles. The molecule has 0 saturated carbocycles. The van der Waals surface area contributed by atoms with Crippen LogP contribution in [0.2, 0.25) is 0 Å². The summed E-state index contributed by atoms with van der Waals surface area (Å²) in [5.41, 5.74) is 3.03. The fourth-order valence-corrected chi connectivity index (χ4v) is 2.31. The Hall–Kier alpha value is -0.820. The van der Waals surface area contributed by atoms with E-state index in [0.717, 1.165) is 6.42 Å². The van der Waals surface area contributed by atoms with Crippen molar-refractivity contribution in [1.82, 2.24) is 5.32 Å². The van der Waals surface area contributed by atoms with E-state index in [1.807, 2.05) is 0 Å². The van der Waals surface area contributed by atoms with Gasteiger partial charge in [-0.1, -0.05) is 37.6 Å². The lowest BCUT2D eigenvalue weighted by Gasteiger charge is -2.25. The van der Waals surface area contributed by atoms with Gasteiger partial charge in [0.25, 0.3) is 0 Å². The minimum atomic E-state index is 0.611. The van der Waals surface area contributed by atoms with Gasteiger partial charge in [-0.05, 0) is 36.9 Å². The molecule has 0 bridgehead atoms. The molecule has 1 atom stereocenters. The molecule has 0 aliphatic carbocycles. The molecule has 1 heterocycles. The highest BCUT2D eigenvalue weighted by Crippen LogP contribution is 2.25. The molecule has 1 aromatic carbocycles. The molecule has 2 rings (SSSR count). The normalized spacial score (nSPS) is 22.2. The van der Waals surface area contributed by atoms with E-state index in [2.05, 4.69) is 36.5 Å². The second-order valence-corrected chi connectivity index (χ2v) is 4.05. The van der Waals surface area contributed by atoms with Crippen LogP contribution in [0.25, 0.3) is 0 Å². The van der Waals surface area contributed by atoms with Crippen molar-refractivity contribution >= 4 is 0 Å². The summed E-state index contributed by atoms with van der Waals surface area (Å²) in [5, 5.41) is 3.61. The molecule has 1 saturated heterocycles. The van der Waals surface area contributed by atoms with Gasteiger partial charge in [0.05, 0.1) is 0 Å². The van der Waals surface area contributed by atoms with E-state index in [0.29, 0.717) is 6.04 Å². The van der Waals surface area contributed by atoms with Gasteiger partial charge in [0.15, 0.2) is 0 Å². The molecule has 1 unspecified atom stereocenters. The highest BCUT2D eigenvalue weighted by molar-refractivity contribution is 5.30. The molecule has 76 valence electrons. The van der Waals surface area contributed by atoms with E-state index >= 15 is 0 Å². The second-order valence-electron chi connectivity index (χ2n) is 4.05. The lowest BCUT2D eigenvalue weighted by molar-refractivity contribution is 0.410. The Morgan fingerprint density at radius 1 is 1.29 bits per heavy atom. The summed E-state index contributed by atoms with van der Waals surface area (Å²) in [6, 6.07) is 9.45. The molecule has 1 heteroatoms. The van der Waals surface area contributed by atoms with Crippen LogP contribution in [0.4, 0.5) is 0 Å². The Morgan fingerprint density at radius 3 is 2.86 bits per heavy atom. The molecule has 1 N–H and O–H groups in total. The molecule has 1 nitrogen and oxygen atoms in total. The van der Waals surface area contributed by atoms with Gasteiger partial charge in [-0.15, -0.1) is 0 Å². The van der Waals surface area contributed by atoms with Crippen LogP contribution in [-0.4, -0.2) is 6.54 Å². The highest BCUT2D eigenvalue weighted by atomic mass is 14.9. The minimum Gasteiger partial charge on any atom is -0.310 e. The number of hydrogen-bond donors (Lipinski definition) is 1. The van der Waals surface area contributed by atoms with Gasteiger partial charge in [-0.3, -0.25) is 0 Å². The van der Waals surface area contributed by atoms with Gasteiger partial charge in [0, 0.05) is 6.04 Å². The van der Waals surface area contributed by atoms with Crippen LogP contribution in [-0.2, 0) is 6.42 Å². The van der Waals surface area contributed by atoms with E-state index < -0.39 is 0 Å². The van der Waals surface area contributed by atoms with E-state index in [9.17, 15) is 0 Å². The third-order valence-electron chi connectivity index (χ3n) is 3.12. The molecule has 14 heavy (non-hydrogen) atoms. The van der Waals surface area contributed by atoms with Crippen molar-refractivity contribution in [3.8, 4) is 0 Å². The smallest absolute Gasteiger partial charge is 0.0322 e. The van der Waals surface area contributed by atoms with Gasteiger partial charge in [0.2, 0.25) is 0 Å². The SMILES string of the molecule is CCc1ccccc1C1CCCCN1. The maximum absolute atomic E-state index is 3.61. The average Bonchev–Trinajstić information content (AvgIpc) is 2.30. The Bertz CT molecular complexity index is 287. The first kappa shape index (κ1) is 9.72. The molecule has 1 fully saturated rings. The van der Waals surface area contributed by atoms with Crippen molar-refractivity contribution in [2.24, 2.45) is 0 Å². The Balaban J connectivity index is 2.20. The van der Waals surface area contributed by atoms with Crippen LogP contribution in [0.3, 0.4) is 0 Å². The lowest BCUT2D eigenvalue weighted by atomic mass is 9.93. The summed E-state index contributed by atoms with van der Waals surface area (Å²) < 4.78 is 0. The van der Waals surface area contributed by atoms with E-state index in [1.165, 1.54) is 36.9 Å². The highest BCUT2D eigenvalue weighted by Gasteiger charge is 2.16. The Morgan fingerprint density at radius 2 is 2.14 bits per heavy atom. The van der Waals surface area contributed by atoms with Gasteiger partial charge in [0.1, 0.15) is 0 Å². The zero-order valence-corrected chi connectivity index (χ0v) is 8.92. The van der Waals surface area contributed by atoms with Crippen LogP contribution in [0.1, 0.15) is 43.4 Å². The van der Waals surface area contributed by atoms with Gasteiger partial charge < -0.3 is 5.32 Å². The third kappa shape index (κ3) is 1.98. The summed E-state index contributed by atoms with van der Waals surface area (Å²) in [7, 11) is 0. The largest absolute Gasteiger partial charge is 0.310 e. The molecule has 0 radical (unpaired) electrons. The molecular formula is C13H19N. The Labute approximate surface area is 86.5 Å². The predicted octanol–water partition coefficient (Wildman–Crippen LogP) is 3.06. The van der Waals surface area contributed by atoms with Crippen molar-refractivity contribution in [1.29, 1.82) is 0 Å². The first-order valence-corrected chi connectivity index (χ1v) is 5.73. The number of piperidine rings is 1. The Kier molecular flexibility index (Phi) is 3.20. The summed E-state index contributed by atoms with van der Waals surface area (Å²) in [4.78, 5) is 0. The first-order chi connectivity index (χ1) is 6.92. The van der Waals surface area contributed by atoms with Crippen LogP contribution in [0, 0.1) is 0 Å². The average molecular weight is 189 g/mol. The first-order valence-electron chi connectivity index (χ1n) is 5.73. The van der Waals surface area contributed by atoms with E-state index in [1.54, 1.807) is 0 Å². The second kappa shape index (κ2) is 4.61. The quantitative estimate of drug-likeness (QED) is 0.754. The number of rotatable bonds is 2. The fourth-order valence-electron chi connectivity index (χ4n) is 2.31. The maximum atomic E-state index is 3.61. The van der Waals surface area contributed by atoms with Gasteiger partial charge in [-0.2, -0.15) is 0 Å². The fraction of sp³-hybridized carbons (Fsp3) is 0.538.